The van der Waals surface area contributed by atoms with Gasteiger partial charge in [-0.15, -0.1) is 5.10 Å². The summed E-state index contributed by atoms with van der Waals surface area (Å²) in [6, 6.07) is 0. The van der Waals surface area contributed by atoms with E-state index in [1.807, 2.05) is 0 Å². The summed E-state index contributed by atoms with van der Waals surface area (Å²) in [5.41, 5.74) is 8.34. The van der Waals surface area contributed by atoms with Gasteiger partial charge in [0.05, 0.1) is 6.20 Å². The maximum atomic E-state index is 11.9. The lowest BCUT2D eigenvalue weighted by molar-refractivity contribution is 0.527. The van der Waals surface area contributed by atoms with Crippen LogP contribution in [-0.2, 0) is 13.6 Å². The van der Waals surface area contributed by atoms with Gasteiger partial charge in [0.2, 0.25) is 0 Å². The van der Waals surface area contributed by atoms with E-state index in [0.29, 0.717) is 30.5 Å². The summed E-state index contributed by atoms with van der Waals surface area (Å²) in [7, 11) is 1.70. The summed E-state index contributed by atoms with van der Waals surface area (Å²) in [5.74, 6) is 0. The molecule has 9 nitrogen and oxygen atoms in total. The van der Waals surface area contributed by atoms with Crippen molar-refractivity contribution in [1.82, 2.24) is 24.8 Å². The van der Waals surface area contributed by atoms with Gasteiger partial charge >= 0.3 is 0 Å². The van der Waals surface area contributed by atoms with E-state index in [2.05, 4.69) is 25.4 Å². The van der Waals surface area contributed by atoms with Crippen molar-refractivity contribution in [2.24, 2.45) is 12.2 Å². The molecule has 0 saturated heterocycles. The molecule has 0 amide bonds. The van der Waals surface area contributed by atoms with Crippen molar-refractivity contribution in [3.05, 3.63) is 27.0 Å². The predicted molar refractivity (Wildman–Crippen MR) is 59.2 cm³/mol. The molecule has 0 atom stereocenters. The van der Waals surface area contributed by atoms with Gasteiger partial charge in [-0.2, -0.15) is 5.10 Å². The van der Waals surface area contributed by atoms with Crippen molar-refractivity contribution < 1.29 is 0 Å². The van der Waals surface area contributed by atoms with Crippen LogP contribution in [0.2, 0.25) is 0 Å². The lowest BCUT2D eigenvalue weighted by Crippen LogP contribution is -2.24. The maximum Gasteiger partial charge on any atom is 0.280 e. The Labute approximate surface area is 95.3 Å². The standard InChI is InChI=1S/C8H10N8O/c1-15-7-6(5-11-15)8(17)16(14-12-7)4-2-3-10-13-9/h5H,2-4H2,1H3. The van der Waals surface area contributed by atoms with Crippen LogP contribution in [0.4, 0.5) is 0 Å². The molecule has 0 bridgehead atoms. The molecule has 2 rings (SSSR count). The van der Waals surface area contributed by atoms with E-state index in [0.717, 1.165) is 0 Å². The fourth-order valence-electron chi connectivity index (χ4n) is 1.46. The van der Waals surface area contributed by atoms with E-state index in [-0.39, 0.29) is 5.56 Å². The zero-order valence-electron chi connectivity index (χ0n) is 9.18. The molecule has 0 aliphatic heterocycles. The molecule has 17 heavy (non-hydrogen) atoms. The van der Waals surface area contributed by atoms with Gasteiger partial charge in [-0.1, -0.05) is 10.3 Å². The highest BCUT2D eigenvalue weighted by Crippen LogP contribution is 2.01. The Hall–Kier alpha value is -2.41. The quantitative estimate of drug-likeness (QED) is 0.326. The third-order valence-corrected chi connectivity index (χ3v) is 2.31. The molecule has 0 aromatic carbocycles. The number of nitrogens with zero attached hydrogens (tertiary/aromatic N) is 8. The molecular weight excluding hydrogens is 224 g/mol. The number of fused-ring (bicyclic) bond motifs is 1. The molecule has 0 radical (unpaired) electrons. The number of azide groups is 1. The highest BCUT2D eigenvalue weighted by molar-refractivity contribution is 5.72. The van der Waals surface area contributed by atoms with Gasteiger partial charge < -0.3 is 0 Å². The fourth-order valence-corrected chi connectivity index (χ4v) is 1.46. The SMILES string of the molecule is Cn1ncc2c(=O)n(CCCN=[N+]=[N-])nnc21. The van der Waals surface area contributed by atoms with Crippen LogP contribution in [0.15, 0.2) is 16.1 Å². The summed E-state index contributed by atoms with van der Waals surface area (Å²) in [6.07, 6.45) is 2.01. The van der Waals surface area contributed by atoms with Crippen molar-refractivity contribution in [2.75, 3.05) is 6.54 Å². The zero-order chi connectivity index (χ0) is 12.3. The minimum Gasteiger partial charge on any atom is -0.267 e. The van der Waals surface area contributed by atoms with E-state index in [1.165, 1.54) is 15.6 Å². The van der Waals surface area contributed by atoms with Gasteiger partial charge in [0.25, 0.3) is 5.56 Å². The van der Waals surface area contributed by atoms with Crippen LogP contribution < -0.4 is 5.56 Å². The summed E-state index contributed by atoms with van der Waals surface area (Å²) in [6.45, 7) is 0.700. The van der Waals surface area contributed by atoms with Crippen LogP contribution in [0.3, 0.4) is 0 Å². The Kier molecular flexibility index (Phi) is 3.01. The lowest BCUT2D eigenvalue weighted by Gasteiger charge is -2.01. The zero-order valence-corrected chi connectivity index (χ0v) is 9.18. The first-order valence-corrected chi connectivity index (χ1v) is 5.00. The molecule has 0 unspecified atom stereocenters. The van der Waals surface area contributed by atoms with Crippen LogP contribution in [0.25, 0.3) is 21.5 Å². The number of hydrogen-bond acceptors (Lipinski definition) is 5. The molecule has 0 spiro atoms. The number of aryl methyl sites for hydroxylation is 2. The highest BCUT2D eigenvalue weighted by Gasteiger charge is 2.08. The smallest absolute Gasteiger partial charge is 0.267 e. The topological polar surface area (TPSA) is 114 Å². The maximum absolute atomic E-state index is 11.9. The normalized spacial score (nSPS) is 10.4. The molecule has 2 heterocycles. The highest BCUT2D eigenvalue weighted by atomic mass is 16.1. The largest absolute Gasteiger partial charge is 0.280 e. The molecule has 0 aliphatic carbocycles. The van der Waals surface area contributed by atoms with Crippen LogP contribution in [0.1, 0.15) is 6.42 Å². The van der Waals surface area contributed by atoms with Gasteiger partial charge in [-0.05, 0) is 12.0 Å². The number of rotatable bonds is 4. The first-order chi connectivity index (χ1) is 8.24. The van der Waals surface area contributed by atoms with E-state index in [9.17, 15) is 4.79 Å². The summed E-state index contributed by atoms with van der Waals surface area (Å²) < 4.78 is 2.74. The second kappa shape index (κ2) is 4.62. The second-order valence-electron chi connectivity index (χ2n) is 3.43. The van der Waals surface area contributed by atoms with Crippen LogP contribution in [0, 0.1) is 0 Å². The Morgan fingerprint density at radius 1 is 1.59 bits per heavy atom. The Bertz CT molecular complexity index is 635. The van der Waals surface area contributed by atoms with Gasteiger partial charge in [-0.3, -0.25) is 4.79 Å². The van der Waals surface area contributed by atoms with Crippen molar-refractivity contribution in [1.29, 1.82) is 0 Å². The fraction of sp³-hybridized carbons (Fsp3) is 0.500. The first kappa shape index (κ1) is 11.1. The summed E-state index contributed by atoms with van der Waals surface area (Å²) in [5, 5.41) is 15.5. The third kappa shape index (κ3) is 2.08. The second-order valence-corrected chi connectivity index (χ2v) is 3.43. The van der Waals surface area contributed by atoms with Gasteiger partial charge in [-0.25, -0.2) is 9.36 Å². The molecule has 0 saturated carbocycles. The molecule has 9 heteroatoms. The summed E-state index contributed by atoms with van der Waals surface area (Å²) >= 11 is 0. The van der Waals surface area contributed by atoms with Gasteiger partial charge in [0.15, 0.2) is 5.65 Å². The average Bonchev–Trinajstić information content (AvgIpc) is 2.70. The van der Waals surface area contributed by atoms with Gasteiger partial charge in [0.1, 0.15) is 5.39 Å². The lowest BCUT2D eigenvalue weighted by atomic mass is 10.4. The molecule has 0 aliphatic rings. The molecule has 0 N–H and O–H groups in total. The Morgan fingerprint density at radius 2 is 2.41 bits per heavy atom. The van der Waals surface area contributed by atoms with Crippen LogP contribution in [-0.4, -0.2) is 31.3 Å². The van der Waals surface area contributed by atoms with Crippen LogP contribution >= 0.6 is 0 Å². The molecular formula is C8H10N8O. The molecule has 2 aromatic rings. The van der Waals surface area contributed by atoms with Gasteiger partial charge in [0, 0.05) is 25.0 Å². The molecule has 0 fully saturated rings. The van der Waals surface area contributed by atoms with E-state index >= 15 is 0 Å². The Morgan fingerprint density at radius 3 is 3.18 bits per heavy atom. The monoisotopic (exact) mass is 234 g/mol. The summed E-state index contributed by atoms with van der Waals surface area (Å²) in [4.78, 5) is 14.5. The van der Waals surface area contributed by atoms with E-state index < -0.39 is 0 Å². The van der Waals surface area contributed by atoms with Crippen LogP contribution in [0.5, 0.6) is 0 Å². The van der Waals surface area contributed by atoms with Crippen molar-refractivity contribution in [2.45, 2.75) is 13.0 Å². The first-order valence-electron chi connectivity index (χ1n) is 5.00. The van der Waals surface area contributed by atoms with Crippen molar-refractivity contribution >= 4 is 11.0 Å². The third-order valence-electron chi connectivity index (χ3n) is 2.31. The number of hydrogen-bond donors (Lipinski definition) is 0. The molecule has 2 aromatic heterocycles. The predicted octanol–water partition coefficient (Wildman–Crippen LogP) is 0.225. The average molecular weight is 234 g/mol. The van der Waals surface area contributed by atoms with E-state index in [4.69, 9.17) is 5.53 Å². The minimum atomic E-state index is -0.232. The Balaban J connectivity index is 2.27. The van der Waals surface area contributed by atoms with Crippen molar-refractivity contribution in [3.63, 3.8) is 0 Å². The van der Waals surface area contributed by atoms with E-state index in [1.54, 1.807) is 7.05 Å². The number of aromatic nitrogens is 5. The minimum absolute atomic E-state index is 0.232. The van der Waals surface area contributed by atoms with Crippen molar-refractivity contribution in [3.8, 4) is 0 Å². The molecule has 88 valence electrons.